The van der Waals surface area contributed by atoms with Crippen LogP contribution in [0.1, 0.15) is 29.7 Å². The molecule has 3 nitrogen and oxygen atoms in total. The van der Waals surface area contributed by atoms with Gasteiger partial charge in [0.1, 0.15) is 6.61 Å². The molecule has 0 aliphatic carbocycles. The Balaban J connectivity index is -0.0000000190. The van der Waals surface area contributed by atoms with Crippen LogP contribution in [0.25, 0.3) is 0 Å². The maximum absolute atomic E-state index is 10.9. The van der Waals surface area contributed by atoms with Crippen molar-refractivity contribution >= 4 is 0 Å². The minimum absolute atomic E-state index is 0. The second-order valence-electron chi connectivity index (χ2n) is 1.89. The van der Waals surface area contributed by atoms with Gasteiger partial charge >= 0.3 is 12.5 Å². The predicted molar refractivity (Wildman–Crippen MR) is 68.4 cm³/mol. The van der Waals surface area contributed by atoms with E-state index in [9.17, 15) is 48.6 Å². The summed E-state index contributed by atoms with van der Waals surface area (Å²) < 4.78 is 116. The quantitative estimate of drug-likeness (QED) is 0.429. The molecule has 165 valence electrons. The molecule has 0 aromatic rings. The summed E-state index contributed by atoms with van der Waals surface area (Å²) in [5.74, 6) is 0. The molecule has 0 aliphatic rings. The molecule has 0 aromatic carbocycles. The zero-order valence-electron chi connectivity index (χ0n) is 9.95. The van der Waals surface area contributed by atoms with Gasteiger partial charge in [0.2, 0.25) is 13.8 Å². The topological polar surface area (TPSA) is 27.7 Å². The minimum atomic E-state index is -5.12. The van der Waals surface area contributed by atoms with Crippen molar-refractivity contribution in [2.45, 2.75) is 42.2 Å². The second kappa shape index (κ2) is 39.0. The Bertz CT molecular complexity index is 169. The van der Waals surface area contributed by atoms with Crippen molar-refractivity contribution in [3.05, 3.63) is 0 Å². The molecule has 0 fully saturated rings. The van der Waals surface area contributed by atoms with E-state index in [-0.39, 0.29) is 48.3 Å². The molecule has 0 bridgehead atoms. The van der Waals surface area contributed by atoms with E-state index in [1.54, 1.807) is 0 Å². The molecule has 0 saturated heterocycles. The first-order chi connectivity index (χ1) is 8.95. The Kier molecular flexibility index (Phi) is 87.8. The Morgan fingerprint density at radius 2 is 0.960 bits per heavy atom. The average molecular weight is 453 g/mol. The van der Waals surface area contributed by atoms with Gasteiger partial charge < -0.3 is 4.74 Å². The summed E-state index contributed by atoms with van der Waals surface area (Å²) in [7, 11) is 1.01. The van der Waals surface area contributed by atoms with Crippen LogP contribution < -0.4 is 0 Å². The van der Waals surface area contributed by atoms with Gasteiger partial charge in [0.25, 0.3) is 0 Å². The molecule has 0 atom stereocenters. The van der Waals surface area contributed by atoms with Crippen LogP contribution in [-0.4, -0.2) is 40.0 Å². The third-order valence-electron chi connectivity index (χ3n) is 0.437. The maximum Gasteiger partial charge on any atom is 0.553 e. The van der Waals surface area contributed by atoms with Gasteiger partial charge in [-0.1, -0.05) is 34.6 Å². The third kappa shape index (κ3) is 188. The van der Waals surface area contributed by atoms with Crippen LogP contribution in [0.15, 0.2) is 0 Å². The molecule has 0 spiro atoms. The van der Waals surface area contributed by atoms with E-state index in [1.807, 2.05) is 0 Å². The molecule has 15 heteroatoms. The maximum atomic E-state index is 10.9. The fourth-order valence-electron chi connectivity index (χ4n) is 0.164. The number of rotatable bonds is 2. The van der Waals surface area contributed by atoms with E-state index >= 15 is 0 Å². The van der Waals surface area contributed by atoms with Gasteiger partial charge in [0.05, 0.1) is 0 Å². The largest absolute Gasteiger partial charge is 0.553 e. The molecule has 0 heterocycles. The summed E-state index contributed by atoms with van der Waals surface area (Å²) in [6, 6.07) is 0. The van der Waals surface area contributed by atoms with Gasteiger partial charge in [-0.3, -0.25) is 0 Å². The molecule has 0 rings (SSSR count). The van der Waals surface area contributed by atoms with E-state index in [0.717, 1.165) is 7.11 Å². The molecule has 0 aliphatic heterocycles. The zero-order valence-corrected chi connectivity index (χ0v) is 11.3. The van der Waals surface area contributed by atoms with Crippen LogP contribution in [0.5, 0.6) is 0 Å². The average Bonchev–Trinajstić information content (AvgIpc) is 2.29. The fraction of sp³-hybridized carbons (Fsp3) is 1.00. The van der Waals surface area contributed by atoms with Crippen molar-refractivity contribution in [2.24, 2.45) is 0 Å². The standard InChI is InChI=1S/C3H5F3O.CF4O.CH2F2O.CH2F2.4CH4.V/c1-7-2-3(4,5)6;2-1(3,4)6-5;2-1-4-3;2-1-3;;;;;/h2H2,1H3;;1H2;1H2;4*1H4;. The summed E-state index contributed by atoms with van der Waals surface area (Å²) in [5.41, 5.74) is 0. The van der Waals surface area contributed by atoms with E-state index in [0.29, 0.717) is 0 Å². The van der Waals surface area contributed by atoms with Crippen LogP contribution >= 0.6 is 0 Å². The van der Waals surface area contributed by atoms with Gasteiger partial charge in [-0.25, -0.2) is 13.2 Å². The Morgan fingerprint density at radius 1 is 0.760 bits per heavy atom. The molecule has 0 saturated carbocycles. The SMILES string of the molecule is C.C.C.C.COCC(F)(F)F.FCF.FCOF.FOC(F)(F)F.[V]. The molecule has 25 heavy (non-hydrogen) atoms. The summed E-state index contributed by atoms with van der Waals surface area (Å²) in [4.78, 5) is 3.81. The Labute approximate surface area is 152 Å². The monoisotopic (exact) mass is 453 g/mol. The number of hydrogen-bond acceptors (Lipinski definition) is 3. The minimum Gasteiger partial charge on any atom is -0.375 e. The molecule has 1 radical (unpaired) electrons. The molecule has 0 unspecified atom stereocenters. The Morgan fingerprint density at radius 3 is 0.960 bits per heavy atom. The number of ether oxygens (including phenoxy) is 1. The number of hydrogen-bond donors (Lipinski definition) is 0. The summed E-state index contributed by atoms with van der Waals surface area (Å²) in [6.45, 7) is -4.26. The molecule has 0 aromatic heterocycles. The third-order valence-corrected chi connectivity index (χ3v) is 0.437. The van der Waals surface area contributed by atoms with Crippen LogP contribution in [-0.2, 0) is 33.2 Å². The second-order valence-corrected chi connectivity index (χ2v) is 1.89. The molecule has 0 N–H and O–H groups in total. The van der Waals surface area contributed by atoms with Crippen molar-refractivity contribution in [2.75, 3.05) is 27.5 Å². The summed E-state index contributed by atoms with van der Waals surface area (Å²) >= 11 is 0. The van der Waals surface area contributed by atoms with Crippen molar-refractivity contribution in [3.8, 4) is 0 Å². The smallest absolute Gasteiger partial charge is 0.375 e. The van der Waals surface area contributed by atoms with E-state index in [4.69, 9.17) is 0 Å². The zero-order chi connectivity index (χ0) is 17.2. The van der Waals surface area contributed by atoms with Crippen molar-refractivity contribution in [3.63, 3.8) is 0 Å². The first kappa shape index (κ1) is 56.3. The van der Waals surface area contributed by atoms with Crippen LogP contribution in [0, 0.1) is 0 Å². The van der Waals surface area contributed by atoms with Crippen LogP contribution in [0.2, 0.25) is 0 Å². The molecule has 0 amide bonds. The number of halogens is 11. The number of alkyl halides is 9. The van der Waals surface area contributed by atoms with Gasteiger partial charge in [-0.2, -0.15) is 18.1 Å². The van der Waals surface area contributed by atoms with Crippen LogP contribution in [0.4, 0.5) is 48.6 Å². The van der Waals surface area contributed by atoms with Gasteiger partial charge in [0, 0.05) is 25.7 Å². The molecular formula is C10H25F11O3V. The van der Waals surface area contributed by atoms with Gasteiger partial charge in [-0.15, -0.1) is 13.2 Å². The van der Waals surface area contributed by atoms with E-state index < -0.39 is 32.9 Å². The summed E-state index contributed by atoms with van der Waals surface area (Å²) in [6.07, 6.45) is -9.30. The van der Waals surface area contributed by atoms with Crippen LogP contribution in [0.3, 0.4) is 0 Å². The summed E-state index contributed by atoms with van der Waals surface area (Å²) in [5, 5.41) is 0. The van der Waals surface area contributed by atoms with Crippen molar-refractivity contribution in [1.29, 1.82) is 0 Å². The van der Waals surface area contributed by atoms with Gasteiger partial charge in [0.15, 0.2) is 0 Å². The number of methoxy groups -OCH3 is 1. The van der Waals surface area contributed by atoms with E-state index in [1.165, 1.54) is 4.94 Å². The first-order valence-corrected chi connectivity index (χ1v) is 3.79. The fourth-order valence-corrected chi connectivity index (χ4v) is 0.164. The van der Waals surface area contributed by atoms with Crippen molar-refractivity contribution in [1.82, 2.24) is 0 Å². The molecular weight excluding hydrogens is 428 g/mol. The van der Waals surface area contributed by atoms with E-state index in [2.05, 4.69) is 9.68 Å². The van der Waals surface area contributed by atoms with Crippen molar-refractivity contribution < 1.29 is 81.7 Å². The Hall–Kier alpha value is -0.306. The normalized spacial score (nSPS) is 8.16. The predicted octanol–water partition coefficient (Wildman–Crippen LogP) is 6.84. The first-order valence-electron chi connectivity index (χ1n) is 3.79. The van der Waals surface area contributed by atoms with Gasteiger partial charge in [-0.05, 0) is 9.05 Å².